The summed E-state index contributed by atoms with van der Waals surface area (Å²) < 4.78 is 5.10. The summed E-state index contributed by atoms with van der Waals surface area (Å²) in [6.45, 7) is 3.37. The molecule has 2 rings (SSSR count). The van der Waals surface area contributed by atoms with Crippen LogP contribution in [0.15, 0.2) is 12.1 Å². The van der Waals surface area contributed by atoms with Crippen LogP contribution in [0.5, 0.6) is 5.88 Å². The lowest BCUT2D eigenvalue weighted by atomic mass is 9.89. The predicted octanol–water partition coefficient (Wildman–Crippen LogP) is 1.95. The molecule has 0 radical (unpaired) electrons. The van der Waals surface area contributed by atoms with E-state index in [1.807, 2.05) is 4.90 Å². The molecule has 0 bridgehead atoms. The molecule has 0 saturated carbocycles. The highest BCUT2D eigenvalue weighted by Gasteiger charge is 2.32. The summed E-state index contributed by atoms with van der Waals surface area (Å²) in [5.74, 6) is 1.37. The minimum Gasteiger partial charge on any atom is -0.481 e. The number of hydrogen-bond donors (Lipinski definition) is 1. The van der Waals surface area contributed by atoms with Gasteiger partial charge in [0.1, 0.15) is 0 Å². The third-order valence-corrected chi connectivity index (χ3v) is 4.18. The average Bonchev–Trinajstić information content (AvgIpc) is 2.53. The Hall–Kier alpha value is -1.89. The van der Waals surface area contributed by atoms with Gasteiger partial charge in [-0.25, -0.2) is 0 Å². The molecule has 0 aromatic carbocycles. The molecule has 0 spiro atoms. The molecule has 0 amide bonds. The van der Waals surface area contributed by atoms with Crippen molar-refractivity contribution < 1.29 is 9.66 Å². The highest BCUT2D eigenvalue weighted by molar-refractivity contribution is 5.60. The summed E-state index contributed by atoms with van der Waals surface area (Å²) in [4.78, 5) is 17.1. The lowest BCUT2D eigenvalue weighted by molar-refractivity contribution is -0.384. The molecule has 1 aliphatic heterocycles. The van der Waals surface area contributed by atoms with Crippen LogP contribution in [0.4, 0.5) is 11.5 Å². The average molecular weight is 294 g/mol. The van der Waals surface area contributed by atoms with Crippen LogP contribution in [0.3, 0.4) is 0 Å². The van der Waals surface area contributed by atoms with Crippen LogP contribution in [0.1, 0.15) is 26.2 Å². The Morgan fingerprint density at radius 3 is 2.90 bits per heavy atom. The molecule has 1 aromatic rings. The van der Waals surface area contributed by atoms with Crippen molar-refractivity contribution in [2.24, 2.45) is 11.7 Å². The maximum atomic E-state index is 11.2. The Balaban J connectivity index is 2.36. The zero-order valence-electron chi connectivity index (χ0n) is 12.5. The quantitative estimate of drug-likeness (QED) is 0.659. The lowest BCUT2D eigenvalue weighted by Gasteiger charge is -2.39. The minimum atomic E-state index is -0.402. The smallest absolute Gasteiger partial charge is 0.311 e. The molecule has 2 atom stereocenters. The van der Waals surface area contributed by atoms with Gasteiger partial charge in [-0.2, -0.15) is 4.98 Å². The number of nitrogens with two attached hydrogens (primary N) is 1. The number of piperidine rings is 1. The van der Waals surface area contributed by atoms with Gasteiger partial charge in [-0.05, 0) is 18.8 Å². The Labute approximate surface area is 124 Å². The molecule has 1 saturated heterocycles. The molecule has 7 heteroatoms. The third kappa shape index (κ3) is 3.24. The molecule has 7 nitrogen and oxygen atoms in total. The van der Waals surface area contributed by atoms with Crippen LogP contribution < -0.4 is 15.4 Å². The van der Waals surface area contributed by atoms with Crippen molar-refractivity contribution in [1.82, 2.24) is 4.98 Å². The Kier molecular flexibility index (Phi) is 4.95. The highest BCUT2D eigenvalue weighted by atomic mass is 16.6. The van der Waals surface area contributed by atoms with E-state index in [9.17, 15) is 10.1 Å². The molecule has 116 valence electrons. The van der Waals surface area contributed by atoms with E-state index in [0.717, 1.165) is 25.8 Å². The van der Waals surface area contributed by atoms with Crippen molar-refractivity contribution in [3.8, 4) is 5.88 Å². The van der Waals surface area contributed by atoms with E-state index >= 15 is 0 Å². The fraction of sp³-hybridized carbons (Fsp3) is 0.643. The van der Waals surface area contributed by atoms with Crippen molar-refractivity contribution in [3.63, 3.8) is 0 Å². The molecule has 0 aliphatic carbocycles. The van der Waals surface area contributed by atoms with E-state index in [-0.39, 0.29) is 11.7 Å². The topological polar surface area (TPSA) is 94.5 Å². The summed E-state index contributed by atoms with van der Waals surface area (Å²) in [6.07, 6.45) is 3.06. The summed E-state index contributed by atoms with van der Waals surface area (Å²) >= 11 is 0. The van der Waals surface area contributed by atoms with Gasteiger partial charge in [-0.3, -0.25) is 10.1 Å². The molecule has 2 unspecified atom stereocenters. The van der Waals surface area contributed by atoms with E-state index in [2.05, 4.69) is 11.9 Å². The van der Waals surface area contributed by atoms with Gasteiger partial charge >= 0.3 is 5.69 Å². The van der Waals surface area contributed by atoms with Crippen LogP contribution >= 0.6 is 0 Å². The van der Waals surface area contributed by atoms with Gasteiger partial charge in [-0.1, -0.05) is 13.3 Å². The number of ether oxygens (including phenoxy) is 1. The van der Waals surface area contributed by atoms with E-state index in [1.54, 1.807) is 0 Å². The predicted molar refractivity (Wildman–Crippen MR) is 80.6 cm³/mol. The van der Waals surface area contributed by atoms with Gasteiger partial charge in [0.15, 0.2) is 0 Å². The summed E-state index contributed by atoms with van der Waals surface area (Å²) in [7, 11) is 1.50. The largest absolute Gasteiger partial charge is 0.481 e. The van der Waals surface area contributed by atoms with Gasteiger partial charge < -0.3 is 15.4 Å². The molecule has 1 fully saturated rings. The number of methoxy groups -OCH3 is 1. The Morgan fingerprint density at radius 2 is 2.33 bits per heavy atom. The molecule has 21 heavy (non-hydrogen) atoms. The maximum Gasteiger partial charge on any atom is 0.311 e. The fourth-order valence-corrected chi connectivity index (χ4v) is 2.90. The van der Waals surface area contributed by atoms with E-state index in [0.29, 0.717) is 24.2 Å². The second-order valence-electron chi connectivity index (χ2n) is 5.34. The summed E-state index contributed by atoms with van der Waals surface area (Å²) in [5, 5.41) is 11.2. The van der Waals surface area contributed by atoms with Crippen molar-refractivity contribution in [2.75, 3.05) is 25.1 Å². The number of anilines is 1. The van der Waals surface area contributed by atoms with Gasteiger partial charge in [0.05, 0.1) is 12.0 Å². The van der Waals surface area contributed by atoms with E-state index < -0.39 is 4.92 Å². The second-order valence-corrected chi connectivity index (χ2v) is 5.34. The molecule has 1 aromatic heterocycles. The first-order chi connectivity index (χ1) is 10.1. The molecule has 1 aliphatic rings. The van der Waals surface area contributed by atoms with Crippen LogP contribution in [-0.4, -0.2) is 36.1 Å². The van der Waals surface area contributed by atoms with Gasteiger partial charge in [-0.15, -0.1) is 0 Å². The van der Waals surface area contributed by atoms with E-state index in [1.165, 1.54) is 19.2 Å². The lowest BCUT2D eigenvalue weighted by Crippen LogP contribution is -2.47. The highest BCUT2D eigenvalue weighted by Crippen LogP contribution is 2.34. The third-order valence-electron chi connectivity index (χ3n) is 4.18. The van der Waals surface area contributed by atoms with Crippen LogP contribution in [-0.2, 0) is 0 Å². The fourth-order valence-electron chi connectivity index (χ4n) is 2.90. The first-order valence-electron chi connectivity index (χ1n) is 7.26. The zero-order valence-corrected chi connectivity index (χ0v) is 12.5. The van der Waals surface area contributed by atoms with Crippen molar-refractivity contribution in [2.45, 2.75) is 32.2 Å². The second kappa shape index (κ2) is 6.71. The molecule has 2 N–H and O–H groups in total. The molecular formula is C14H22N4O3. The van der Waals surface area contributed by atoms with Gasteiger partial charge in [0.25, 0.3) is 0 Å². The Bertz CT molecular complexity index is 509. The van der Waals surface area contributed by atoms with Crippen molar-refractivity contribution >= 4 is 11.5 Å². The first-order valence-corrected chi connectivity index (χ1v) is 7.26. The SMILES string of the molecule is CCC1CCN(c2nc(OC)ccc2[N+](=O)[O-])C(CN)C1. The number of nitrogens with zero attached hydrogens (tertiary/aromatic N) is 3. The van der Waals surface area contributed by atoms with E-state index in [4.69, 9.17) is 10.5 Å². The zero-order chi connectivity index (χ0) is 15.4. The van der Waals surface area contributed by atoms with Crippen LogP contribution in [0.2, 0.25) is 0 Å². The molecular weight excluding hydrogens is 272 g/mol. The normalized spacial score (nSPS) is 22.1. The van der Waals surface area contributed by atoms with Crippen molar-refractivity contribution in [3.05, 3.63) is 22.2 Å². The number of hydrogen-bond acceptors (Lipinski definition) is 6. The minimum absolute atomic E-state index is 0.00389. The number of pyridine rings is 1. The molecule has 2 heterocycles. The Morgan fingerprint density at radius 1 is 1.57 bits per heavy atom. The number of rotatable bonds is 5. The monoisotopic (exact) mass is 294 g/mol. The van der Waals surface area contributed by atoms with Gasteiger partial charge in [0.2, 0.25) is 11.7 Å². The van der Waals surface area contributed by atoms with Crippen LogP contribution in [0.25, 0.3) is 0 Å². The first kappa shape index (κ1) is 15.5. The standard InChI is InChI=1S/C14H22N4O3/c1-3-10-6-7-17(11(8-10)9-15)14-12(18(19)20)4-5-13(16-14)21-2/h4-5,10-11H,3,6-9,15H2,1-2H3. The number of nitro groups is 1. The maximum absolute atomic E-state index is 11.2. The summed E-state index contributed by atoms with van der Waals surface area (Å²) in [6, 6.07) is 3.04. The van der Waals surface area contributed by atoms with Crippen molar-refractivity contribution in [1.29, 1.82) is 0 Å². The number of aromatic nitrogens is 1. The summed E-state index contributed by atoms with van der Waals surface area (Å²) in [5.41, 5.74) is 5.88. The van der Waals surface area contributed by atoms with Gasteiger partial charge in [0, 0.05) is 31.3 Å². The van der Waals surface area contributed by atoms with Crippen LogP contribution in [0, 0.1) is 16.0 Å².